The van der Waals surface area contributed by atoms with E-state index in [-0.39, 0.29) is 24.5 Å². The molecule has 0 unspecified atom stereocenters. The third-order valence-electron chi connectivity index (χ3n) is 1.29. The molecular weight excluding hydrogens is 158 g/mol. The first-order valence-electron chi connectivity index (χ1n) is 3.82. The average molecular weight is 171 g/mol. The third-order valence-corrected chi connectivity index (χ3v) is 1.29. The summed E-state index contributed by atoms with van der Waals surface area (Å²) in [4.78, 5) is 31.0. The predicted molar refractivity (Wildman–Crippen MR) is 43.9 cm³/mol. The number of carbonyl (C=O) groups is 3. The smallest absolute Gasteiger partial charge is 0.153 e. The fourth-order valence-corrected chi connectivity index (χ4v) is 0.657. The minimum atomic E-state index is -0.145. The number of aldehydes is 1. The number of hydrogen-bond donors (Lipinski definition) is 1. The van der Waals surface area contributed by atoms with Gasteiger partial charge in [-0.05, 0) is 6.92 Å². The molecule has 0 aromatic rings. The first-order valence-corrected chi connectivity index (χ1v) is 3.82. The highest BCUT2D eigenvalue weighted by molar-refractivity contribution is 5.91. The van der Waals surface area contributed by atoms with E-state index in [0.717, 1.165) is 0 Å². The van der Waals surface area contributed by atoms with Crippen molar-refractivity contribution >= 4 is 17.9 Å². The third kappa shape index (κ3) is 7.08. The van der Waals surface area contributed by atoms with Crippen molar-refractivity contribution in [2.24, 2.45) is 0 Å². The van der Waals surface area contributed by atoms with E-state index >= 15 is 0 Å². The fourth-order valence-electron chi connectivity index (χ4n) is 0.657. The van der Waals surface area contributed by atoms with Crippen molar-refractivity contribution in [2.45, 2.75) is 19.8 Å². The van der Waals surface area contributed by atoms with Crippen molar-refractivity contribution < 1.29 is 14.4 Å². The van der Waals surface area contributed by atoms with Crippen LogP contribution in [-0.4, -0.2) is 30.9 Å². The van der Waals surface area contributed by atoms with E-state index in [1.165, 1.54) is 6.92 Å². The Morgan fingerprint density at radius 3 is 2.58 bits per heavy atom. The number of rotatable bonds is 7. The van der Waals surface area contributed by atoms with Gasteiger partial charge in [0.25, 0.3) is 0 Å². The summed E-state index contributed by atoms with van der Waals surface area (Å²) >= 11 is 0. The van der Waals surface area contributed by atoms with Crippen LogP contribution in [0.5, 0.6) is 0 Å². The van der Waals surface area contributed by atoms with Gasteiger partial charge in [-0.25, -0.2) is 0 Å². The summed E-state index contributed by atoms with van der Waals surface area (Å²) in [7, 11) is 0. The summed E-state index contributed by atoms with van der Waals surface area (Å²) in [5.41, 5.74) is 0. The molecule has 0 aliphatic heterocycles. The molecule has 1 N–H and O–H groups in total. The molecule has 12 heavy (non-hydrogen) atoms. The van der Waals surface area contributed by atoms with Crippen LogP contribution in [-0.2, 0) is 14.4 Å². The maximum absolute atomic E-state index is 10.7. The van der Waals surface area contributed by atoms with Crippen LogP contribution in [0.4, 0.5) is 0 Å². The summed E-state index contributed by atoms with van der Waals surface area (Å²) in [6.07, 6.45) is 0.955. The highest BCUT2D eigenvalue weighted by Gasteiger charge is 1.99. The first-order chi connectivity index (χ1) is 5.66. The van der Waals surface area contributed by atoms with Crippen molar-refractivity contribution in [2.75, 3.05) is 13.1 Å². The Balaban J connectivity index is 3.25. The molecule has 0 rings (SSSR count). The van der Waals surface area contributed by atoms with Gasteiger partial charge >= 0.3 is 0 Å². The standard InChI is InChI=1S/C8H13NO3/c1-7(11)2-4-9-6-8(12)3-5-10/h5,9H,2-4,6H2,1H3. The van der Waals surface area contributed by atoms with Crippen molar-refractivity contribution in [3.05, 3.63) is 0 Å². The fraction of sp³-hybridized carbons (Fsp3) is 0.625. The lowest BCUT2D eigenvalue weighted by Gasteiger charge is -1.99. The second-order valence-corrected chi connectivity index (χ2v) is 2.54. The molecule has 0 atom stereocenters. The van der Waals surface area contributed by atoms with Crippen LogP contribution in [0.1, 0.15) is 19.8 Å². The van der Waals surface area contributed by atoms with Gasteiger partial charge in [-0.2, -0.15) is 0 Å². The summed E-state index contributed by atoms with van der Waals surface area (Å²) in [6, 6.07) is 0. The van der Waals surface area contributed by atoms with E-state index in [9.17, 15) is 14.4 Å². The number of carbonyl (C=O) groups excluding carboxylic acids is 3. The Hall–Kier alpha value is -1.03. The van der Waals surface area contributed by atoms with Gasteiger partial charge in [0.05, 0.1) is 13.0 Å². The van der Waals surface area contributed by atoms with Crippen LogP contribution in [0.25, 0.3) is 0 Å². The van der Waals surface area contributed by atoms with Crippen LogP contribution in [0, 0.1) is 0 Å². The molecule has 0 fully saturated rings. The van der Waals surface area contributed by atoms with Gasteiger partial charge in [-0.15, -0.1) is 0 Å². The molecule has 0 saturated carbocycles. The Morgan fingerprint density at radius 1 is 1.42 bits per heavy atom. The average Bonchev–Trinajstić information content (AvgIpc) is 1.98. The summed E-state index contributed by atoms with van der Waals surface area (Å²) in [5, 5.41) is 2.77. The highest BCUT2D eigenvalue weighted by Crippen LogP contribution is 1.79. The van der Waals surface area contributed by atoms with Crippen LogP contribution < -0.4 is 5.32 Å². The monoisotopic (exact) mass is 171 g/mol. The second kappa shape index (κ2) is 6.67. The molecule has 0 heterocycles. The molecule has 68 valence electrons. The van der Waals surface area contributed by atoms with Gasteiger partial charge in [0.2, 0.25) is 0 Å². The highest BCUT2D eigenvalue weighted by atomic mass is 16.1. The minimum absolute atomic E-state index is 0.0485. The topological polar surface area (TPSA) is 63.2 Å². The van der Waals surface area contributed by atoms with Gasteiger partial charge in [0.1, 0.15) is 12.1 Å². The molecule has 0 bridgehead atoms. The summed E-state index contributed by atoms with van der Waals surface area (Å²) < 4.78 is 0. The maximum atomic E-state index is 10.7. The van der Waals surface area contributed by atoms with Gasteiger partial charge in [-0.1, -0.05) is 0 Å². The van der Waals surface area contributed by atoms with E-state index in [0.29, 0.717) is 19.3 Å². The Bertz CT molecular complexity index is 177. The van der Waals surface area contributed by atoms with Gasteiger partial charge < -0.3 is 10.1 Å². The molecule has 0 spiro atoms. The summed E-state index contributed by atoms with van der Waals surface area (Å²) in [5.74, 6) is -0.0566. The zero-order valence-electron chi connectivity index (χ0n) is 7.13. The number of Topliss-reactive ketones (excluding diaryl/α,β-unsaturated/α-hetero) is 2. The molecule has 0 aromatic carbocycles. The van der Waals surface area contributed by atoms with Gasteiger partial charge in [-0.3, -0.25) is 9.59 Å². The van der Waals surface area contributed by atoms with E-state index in [4.69, 9.17) is 0 Å². The molecular formula is C8H13NO3. The molecule has 0 amide bonds. The van der Waals surface area contributed by atoms with Crippen molar-refractivity contribution in [3.8, 4) is 0 Å². The SMILES string of the molecule is CC(=O)CCNCC(=O)CC=O. The molecule has 4 nitrogen and oxygen atoms in total. The quantitative estimate of drug-likeness (QED) is 0.325. The number of hydrogen-bond acceptors (Lipinski definition) is 4. The molecule has 0 saturated heterocycles. The van der Waals surface area contributed by atoms with Crippen LogP contribution in [0.2, 0.25) is 0 Å². The van der Waals surface area contributed by atoms with E-state index in [2.05, 4.69) is 5.32 Å². The van der Waals surface area contributed by atoms with Gasteiger partial charge in [0.15, 0.2) is 5.78 Å². The molecule has 0 aliphatic rings. The molecule has 0 aromatic heterocycles. The number of ketones is 2. The number of nitrogens with one attached hydrogen (secondary N) is 1. The lowest BCUT2D eigenvalue weighted by Crippen LogP contribution is -2.25. The lowest BCUT2D eigenvalue weighted by molar-refractivity contribution is -0.122. The lowest BCUT2D eigenvalue weighted by atomic mass is 10.3. The normalized spacial score (nSPS) is 9.42. The largest absolute Gasteiger partial charge is 0.310 e. The molecule has 0 aliphatic carbocycles. The van der Waals surface area contributed by atoms with Gasteiger partial charge in [0, 0.05) is 13.0 Å². The van der Waals surface area contributed by atoms with Crippen LogP contribution >= 0.6 is 0 Å². The Kier molecular flexibility index (Phi) is 6.09. The van der Waals surface area contributed by atoms with E-state index < -0.39 is 0 Å². The Labute approximate surface area is 71.3 Å². The van der Waals surface area contributed by atoms with Crippen molar-refractivity contribution in [1.82, 2.24) is 5.32 Å². The zero-order valence-corrected chi connectivity index (χ0v) is 7.13. The van der Waals surface area contributed by atoms with Crippen molar-refractivity contribution in [1.29, 1.82) is 0 Å². The minimum Gasteiger partial charge on any atom is -0.310 e. The van der Waals surface area contributed by atoms with Crippen LogP contribution in [0.3, 0.4) is 0 Å². The Morgan fingerprint density at radius 2 is 2.08 bits per heavy atom. The predicted octanol–water partition coefficient (Wildman–Crippen LogP) is -0.287. The van der Waals surface area contributed by atoms with E-state index in [1.54, 1.807) is 0 Å². The summed E-state index contributed by atoms with van der Waals surface area (Å²) in [6.45, 7) is 2.17. The molecule has 0 radical (unpaired) electrons. The first kappa shape index (κ1) is 11.0. The van der Waals surface area contributed by atoms with Crippen molar-refractivity contribution in [3.63, 3.8) is 0 Å². The zero-order chi connectivity index (χ0) is 9.40. The molecule has 4 heteroatoms. The second-order valence-electron chi connectivity index (χ2n) is 2.54. The maximum Gasteiger partial charge on any atom is 0.153 e. The van der Waals surface area contributed by atoms with E-state index in [1.807, 2.05) is 0 Å². The van der Waals surface area contributed by atoms with Crippen LogP contribution in [0.15, 0.2) is 0 Å².